The van der Waals surface area contributed by atoms with Crippen LogP contribution in [-0.2, 0) is 4.74 Å². The Labute approximate surface area is 275 Å². The summed E-state index contributed by atoms with van der Waals surface area (Å²) >= 11 is 0. The molecule has 1 heteroatoms. The first-order valence-corrected chi connectivity index (χ1v) is 21.0. The maximum Gasteiger partial charge on any atom is 0.0466 e. The number of rotatable bonds is 40. The van der Waals surface area contributed by atoms with Gasteiger partial charge < -0.3 is 4.74 Å². The first kappa shape index (κ1) is 43.0. The van der Waals surface area contributed by atoms with E-state index in [1.165, 1.54) is 244 Å². The Hall–Kier alpha value is -0.0400. The monoisotopic (exact) mass is 607 g/mol. The molecule has 0 unspecified atom stereocenters. The maximum absolute atomic E-state index is 5.90. The molecule has 0 aliphatic rings. The highest BCUT2D eigenvalue weighted by molar-refractivity contribution is 4.52. The molecule has 0 aliphatic carbocycles. The van der Waals surface area contributed by atoms with E-state index in [-0.39, 0.29) is 0 Å². The van der Waals surface area contributed by atoms with Gasteiger partial charge in [-0.2, -0.15) is 0 Å². The van der Waals surface area contributed by atoms with E-state index >= 15 is 0 Å². The zero-order valence-electron chi connectivity index (χ0n) is 30.7. The fourth-order valence-corrected chi connectivity index (χ4v) is 6.67. The SMILES string of the molecule is CCCCCCCCCCCCCCCCCCCCCCOCCCCCCCCCCCCCCCCCCCC. The third-order valence-corrected chi connectivity index (χ3v) is 9.78. The highest BCUT2D eigenvalue weighted by Gasteiger charge is 1.98. The van der Waals surface area contributed by atoms with Crippen LogP contribution in [0.25, 0.3) is 0 Å². The largest absolute Gasteiger partial charge is 0.381 e. The molecule has 0 N–H and O–H groups in total. The number of ether oxygens (including phenoxy) is 1. The summed E-state index contributed by atoms with van der Waals surface area (Å²) in [6.07, 6.45) is 55.0. The van der Waals surface area contributed by atoms with E-state index in [1.54, 1.807) is 0 Å². The molecule has 1 nitrogen and oxygen atoms in total. The molecule has 0 fully saturated rings. The van der Waals surface area contributed by atoms with Crippen molar-refractivity contribution >= 4 is 0 Å². The molecular weight excluding hydrogens is 520 g/mol. The molecule has 0 aromatic rings. The first-order chi connectivity index (χ1) is 21.4. The highest BCUT2D eigenvalue weighted by atomic mass is 16.5. The average Bonchev–Trinajstić information content (AvgIpc) is 3.02. The van der Waals surface area contributed by atoms with Gasteiger partial charge in [-0.3, -0.25) is 0 Å². The molecule has 0 saturated heterocycles. The van der Waals surface area contributed by atoms with E-state index in [4.69, 9.17) is 4.74 Å². The van der Waals surface area contributed by atoms with Crippen LogP contribution in [0, 0.1) is 0 Å². The van der Waals surface area contributed by atoms with Gasteiger partial charge in [0.15, 0.2) is 0 Å². The summed E-state index contributed by atoms with van der Waals surface area (Å²) in [6.45, 7) is 6.61. The van der Waals surface area contributed by atoms with Crippen LogP contribution in [0.3, 0.4) is 0 Å². The van der Waals surface area contributed by atoms with Crippen molar-refractivity contribution in [2.24, 2.45) is 0 Å². The van der Waals surface area contributed by atoms with E-state index in [9.17, 15) is 0 Å². The fourth-order valence-electron chi connectivity index (χ4n) is 6.67. The molecule has 0 heterocycles. The second kappa shape index (κ2) is 42.0. The molecule has 43 heavy (non-hydrogen) atoms. The molecule has 0 saturated carbocycles. The van der Waals surface area contributed by atoms with E-state index in [0.717, 1.165) is 13.2 Å². The summed E-state index contributed by atoms with van der Waals surface area (Å²) in [4.78, 5) is 0. The predicted molar refractivity (Wildman–Crippen MR) is 198 cm³/mol. The number of hydrogen-bond acceptors (Lipinski definition) is 1. The minimum atomic E-state index is 0.998. The van der Waals surface area contributed by atoms with Gasteiger partial charge in [0.25, 0.3) is 0 Å². The Morgan fingerprint density at radius 1 is 0.186 bits per heavy atom. The van der Waals surface area contributed by atoms with E-state index in [2.05, 4.69) is 13.8 Å². The van der Waals surface area contributed by atoms with Crippen molar-refractivity contribution in [1.82, 2.24) is 0 Å². The molecule has 0 bridgehead atoms. The summed E-state index contributed by atoms with van der Waals surface area (Å²) in [7, 11) is 0. The van der Waals surface area contributed by atoms with E-state index in [1.807, 2.05) is 0 Å². The Balaban J connectivity index is 3.02. The lowest BCUT2D eigenvalue weighted by atomic mass is 10.0. The molecule has 0 atom stereocenters. The zero-order valence-corrected chi connectivity index (χ0v) is 30.7. The summed E-state index contributed by atoms with van der Waals surface area (Å²) in [5.41, 5.74) is 0. The van der Waals surface area contributed by atoms with Gasteiger partial charge in [0.2, 0.25) is 0 Å². The van der Waals surface area contributed by atoms with Crippen LogP contribution in [0.4, 0.5) is 0 Å². The van der Waals surface area contributed by atoms with Gasteiger partial charge in [0, 0.05) is 13.2 Å². The first-order valence-electron chi connectivity index (χ1n) is 21.0. The van der Waals surface area contributed by atoms with E-state index in [0.29, 0.717) is 0 Å². The van der Waals surface area contributed by atoms with Gasteiger partial charge in [0.1, 0.15) is 0 Å². The topological polar surface area (TPSA) is 9.23 Å². The summed E-state index contributed by atoms with van der Waals surface area (Å²) < 4.78 is 5.90. The molecular formula is C42H86O. The molecule has 0 rings (SSSR count). The van der Waals surface area contributed by atoms with Crippen LogP contribution >= 0.6 is 0 Å². The molecule has 0 spiro atoms. The van der Waals surface area contributed by atoms with Crippen LogP contribution in [0.2, 0.25) is 0 Å². The fraction of sp³-hybridized carbons (Fsp3) is 1.00. The van der Waals surface area contributed by atoms with Crippen LogP contribution in [0.15, 0.2) is 0 Å². The standard InChI is InChI=1S/C42H86O/c1-3-5-7-9-11-13-15-17-19-21-23-24-26-28-30-32-34-36-38-40-42-43-41-39-37-35-33-31-29-27-25-22-20-18-16-14-12-10-8-6-4-2/h3-42H2,1-2H3. The lowest BCUT2D eigenvalue weighted by Gasteiger charge is -2.06. The second-order valence-corrected chi connectivity index (χ2v) is 14.3. The van der Waals surface area contributed by atoms with Crippen molar-refractivity contribution in [3.63, 3.8) is 0 Å². The maximum atomic E-state index is 5.90. The van der Waals surface area contributed by atoms with E-state index < -0.39 is 0 Å². The van der Waals surface area contributed by atoms with Gasteiger partial charge in [-0.05, 0) is 12.8 Å². The van der Waals surface area contributed by atoms with Crippen molar-refractivity contribution in [1.29, 1.82) is 0 Å². The van der Waals surface area contributed by atoms with Crippen LogP contribution in [0.1, 0.15) is 258 Å². The van der Waals surface area contributed by atoms with Crippen molar-refractivity contribution in [3.8, 4) is 0 Å². The number of hydrogen-bond donors (Lipinski definition) is 0. The molecule has 0 aliphatic heterocycles. The van der Waals surface area contributed by atoms with Gasteiger partial charge in [-0.15, -0.1) is 0 Å². The van der Waals surface area contributed by atoms with Crippen LogP contribution in [-0.4, -0.2) is 13.2 Å². The third kappa shape index (κ3) is 42.0. The molecule has 0 amide bonds. The summed E-state index contributed by atoms with van der Waals surface area (Å²) in [6, 6.07) is 0. The second-order valence-electron chi connectivity index (χ2n) is 14.3. The predicted octanol–water partition coefficient (Wildman–Crippen LogP) is 15.9. The number of unbranched alkanes of at least 4 members (excludes halogenated alkanes) is 36. The Morgan fingerprint density at radius 2 is 0.326 bits per heavy atom. The Morgan fingerprint density at radius 3 is 0.488 bits per heavy atom. The lowest BCUT2D eigenvalue weighted by Crippen LogP contribution is -1.97. The van der Waals surface area contributed by atoms with Gasteiger partial charge in [0.05, 0.1) is 0 Å². The zero-order chi connectivity index (χ0) is 31.0. The quantitative estimate of drug-likeness (QED) is 0.0630. The van der Waals surface area contributed by atoms with Crippen molar-refractivity contribution < 1.29 is 4.74 Å². The van der Waals surface area contributed by atoms with Crippen molar-refractivity contribution in [2.45, 2.75) is 258 Å². The third-order valence-electron chi connectivity index (χ3n) is 9.78. The van der Waals surface area contributed by atoms with Crippen molar-refractivity contribution in [2.75, 3.05) is 13.2 Å². The summed E-state index contributed by atoms with van der Waals surface area (Å²) in [5.74, 6) is 0. The van der Waals surface area contributed by atoms with Gasteiger partial charge in [-0.25, -0.2) is 0 Å². The normalized spacial score (nSPS) is 11.6. The molecule has 0 aromatic heterocycles. The minimum Gasteiger partial charge on any atom is -0.381 e. The molecule has 260 valence electrons. The van der Waals surface area contributed by atoms with Crippen LogP contribution < -0.4 is 0 Å². The molecule has 0 aromatic carbocycles. The summed E-state index contributed by atoms with van der Waals surface area (Å²) in [5, 5.41) is 0. The lowest BCUT2D eigenvalue weighted by molar-refractivity contribution is 0.125. The van der Waals surface area contributed by atoms with Gasteiger partial charge >= 0.3 is 0 Å². The van der Waals surface area contributed by atoms with Crippen molar-refractivity contribution in [3.05, 3.63) is 0 Å². The minimum absolute atomic E-state index is 0.998. The smallest absolute Gasteiger partial charge is 0.0466 e. The Kier molecular flexibility index (Phi) is 41.9. The molecule has 0 radical (unpaired) electrons. The average molecular weight is 607 g/mol. The van der Waals surface area contributed by atoms with Crippen LogP contribution in [0.5, 0.6) is 0 Å². The Bertz CT molecular complexity index is 406. The highest BCUT2D eigenvalue weighted by Crippen LogP contribution is 2.16. The van der Waals surface area contributed by atoms with Gasteiger partial charge in [-0.1, -0.05) is 245 Å².